The molecule has 6 rings (SSSR count). The molecule has 0 spiro atoms. The van der Waals surface area contributed by atoms with Crippen LogP contribution >= 0.6 is 0 Å². The van der Waals surface area contributed by atoms with Crippen LogP contribution in [0.1, 0.15) is 55.2 Å². The number of nitro benzene ring substituents is 1. The van der Waals surface area contributed by atoms with E-state index in [-0.39, 0.29) is 22.4 Å². The van der Waals surface area contributed by atoms with Gasteiger partial charge in [-0.3, -0.25) is 14.9 Å². The van der Waals surface area contributed by atoms with Gasteiger partial charge in [0.15, 0.2) is 0 Å². The van der Waals surface area contributed by atoms with E-state index in [1.54, 1.807) is 12.1 Å². The lowest BCUT2D eigenvalue weighted by Crippen LogP contribution is -2.58. The number of aryl methyl sites for hydroxylation is 1. The van der Waals surface area contributed by atoms with Crippen LogP contribution in [0.15, 0.2) is 53.6 Å². The first-order valence-corrected chi connectivity index (χ1v) is 11.0. The SMILES string of the molecule is Cc1ccc(C23CC4CC(CC(C(=O)N/N=C/c5cccc([N+](=O)[O-])c5)(C4)C2)C3)cc1. The van der Waals surface area contributed by atoms with Crippen molar-refractivity contribution in [1.82, 2.24) is 5.43 Å². The van der Waals surface area contributed by atoms with E-state index >= 15 is 0 Å². The molecule has 1 amide bonds. The Morgan fingerprint density at radius 3 is 2.52 bits per heavy atom. The van der Waals surface area contributed by atoms with Gasteiger partial charge in [-0.25, -0.2) is 5.43 Å². The number of carbonyl (C=O) groups excluding carboxylic acids is 1. The maximum atomic E-state index is 13.4. The fraction of sp³-hybridized carbons (Fsp3) is 0.440. The van der Waals surface area contributed by atoms with Crippen LogP contribution in [0.25, 0.3) is 0 Å². The Morgan fingerprint density at radius 2 is 1.84 bits per heavy atom. The normalized spacial score (nSPS) is 31.1. The third kappa shape index (κ3) is 3.54. The maximum absolute atomic E-state index is 13.4. The molecular formula is C25H27N3O3. The predicted molar refractivity (Wildman–Crippen MR) is 119 cm³/mol. The second-order valence-corrected chi connectivity index (χ2v) is 9.94. The summed E-state index contributed by atoms with van der Waals surface area (Å²) in [6.45, 7) is 2.11. The summed E-state index contributed by atoms with van der Waals surface area (Å²) in [5.74, 6) is 1.18. The number of non-ortho nitro benzene ring substituents is 1. The molecular weight excluding hydrogens is 390 g/mol. The van der Waals surface area contributed by atoms with Gasteiger partial charge in [0.05, 0.1) is 16.6 Å². The summed E-state index contributed by atoms with van der Waals surface area (Å²) in [7, 11) is 0. The van der Waals surface area contributed by atoms with Crippen molar-refractivity contribution in [3.8, 4) is 0 Å². The Kier molecular flexibility index (Phi) is 4.68. The second kappa shape index (κ2) is 7.29. The molecule has 0 aliphatic heterocycles. The van der Waals surface area contributed by atoms with Crippen molar-refractivity contribution in [2.75, 3.05) is 0 Å². The van der Waals surface area contributed by atoms with Crippen molar-refractivity contribution in [3.63, 3.8) is 0 Å². The Balaban J connectivity index is 1.36. The zero-order valence-electron chi connectivity index (χ0n) is 17.7. The third-order valence-electron chi connectivity index (χ3n) is 7.67. The van der Waals surface area contributed by atoms with E-state index in [1.165, 1.54) is 48.7 Å². The highest BCUT2D eigenvalue weighted by Gasteiger charge is 2.60. The first kappa shape index (κ1) is 19.9. The molecule has 6 nitrogen and oxygen atoms in total. The predicted octanol–water partition coefficient (Wildman–Crippen LogP) is 4.89. The molecule has 4 saturated carbocycles. The van der Waals surface area contributed by atoms with Crippen LogP contribution in [0.3, 0.4) is 0 Å². The molecule has 160 valence electrons. The van der Waals surface area contributed by atoms with Crippen LogP contribution in [-0.2, 0) is 10.2 Å². The van der Waals surface area contributed by atoms with Crippen molar-refractivity contribution in [3.05, 3.63) is 75.3 Å². The zero-order valence-corrected chi connectivity index (χ0v) is 17.7. The first-order valence-electron chi connectivity index (χ1n) is 11.0. The van der Waals surface area contributed by atoms with Gasteiger partial charge in [0, 0.05) is 17.7 Å². The average molecular weight is 418 g/mol. The number of carbonyl (C=O) groups is 1. The third-order valence-corrected chi connectivity index (χ3v) is 7.67. The molecule has 0 heterocycles. The van der Waals surface area contributed by atoms with Gasteiger partial charge >= 0.3 is 0 Å². The van der Waals surface area contributed by atoms with Crippen LogP contribution < -0.4 is 5.43 Å². The number of nitrogens with one attached hydrogen (secondary N) is 1. The lowest BCUT2D eigenvalue weighted by Gasteiger charge is -2.61. The average Bonchev–Trinajstić information content (AvgIpc) is 2.73. The van der Waals surface area contributed by atoms with Gasteiger partial charge in [0.1, 0.15) is 0 Å². The topological polar surface area (TPSA) is 84.6 Å². The fourth-order valence-electron chi connectivity index (χ4n) is 6.78. The highest BCUT2D eigenvalue weighted by atomic mass is 16.6. The maximum Gasteiger partial charge on any atom is 0.270 e. The van der Waals surface area contributed by atoms with Crippen LogP contribution in [-0.4, -0.2) is 17.0 Å². The highest BCUT2D eigenvalue weighted by Crippen LogP contribution is 2.65. The standard InChI is InChI=1S/C25H27N3O3/c1-17-5-7-21(8-6-17)24-11-19-9-20(12-24)14-25(13-19,16-24)23(29)27-26-15-18-3-2-4-22(10-18)28(30)31/h2-8,10,15,19-20H,9,11-14,16H2,1H3,(H,27,29)/b26-15+. The molecule has 2 atom stereocenters. The Labute approximate surface area is 181 Å². The molecule has 6 heteroatoms. The van der Waals surface area contributed by atoms with E-state index < -0.39 is 4.92 Å². The Morgan fingerprint density at radius 1 is 1.13 bits per heavy atom. The molecule has 4 fully saturated rings. The number of nitrogens with zero attached hydrogens (tertiary/aromatic N) is 2. The summed E-state index contributed by atoms with van der Waals surface area (Å²) < 4.78 is 0. The molecule has 0 saturated heterocycles. The number of hydrogen-bond acceptors (Lipinski definition) is 4. The van der Waals surface area contributed by atoms with E-state index in [2.05, 4.69) is 41.7 Å². The molecule has 4 aliphatic rings. The fourth-order valence-corrected chi connectivity index (χ4v) is 6.78. The largest absolute Gasteiger partial charge is 0.273 e. The van der Waals surface area contributed by atoms with Crippen LogP contribution in [0.2, 0.25) is 0 Å². The van der Waals surface area contributed by atoms with E-state index in [0.717, 1.165) is 19.3 Å². The summed E-state index contributed by atoms with van der Waals surface area (Å²) in [5, 5.41) is 15.1. The lowest BCUT2D eigenvalue weighted by molar-refractivity contribution is -0.384. The molecule has 2 aromatic rings. The van der Waals surface area contributed by atoms with Gasteiger partial charge in [0.2, 0.25) is 5.91 Å². The van der Waals surface area contributed by atoms with Crippen LogP contribution in [0.4, 0.5) is 5.69 Å². The molecule has 2 unspecified atom stereocenters. The number of nitro groups is 1. The van der Waals surface area contributed by atoms with Gasteiger partial charge in [-0.1, -0.05) is 42.0 Å². The van der Waals surface area contributed by atoms with Crippen molar-refractivity contribution in [1.29, 1.82) is 0 Å². The molecule has 1 N–H and O–H groups in total. The Bertz CT molecular complexity index is 1050. The second-order valence-electron chi connectivity index (χ2n) is 9.94. The van der Waals surface area contributed by atoms with Crippen molar-refractivity contribution in [2.45, 2.75) is 50.9 Å². The van der Waals surface area contributed by atoms with Crippen molar-refractivity contribution < 1.29 is 9.72 Å². The summed E-state index contributed by atoms with van der Waals surface area (Å²) in [6.07, 6.45) is 7.84. The lowest BCUT2D eigenvalue weighted by atomic mass is 9.42. The number of benzene rings is 2. The summed E-state index contributed by atoms with van der Waals surface area (Å²) in [4.78, 5) is 23.9. The van der Waals surface area contributed by atoms with Crippen LogP contribution in [0, 0.1) is 34.3 Å². The summed E-state index contributed by atoms with van der Waals surface area (Å²) >= 11 is 0. The molecule has 4 aliphatic carbocycles. The van der Waals surface area contributed by atoms with E-state index in [0.29, 0.717) is 17.4 Å². The van der Waals surface area contributed by atoms with Crippen molar-refractivity contribution >= 4 is 17.8 Å². The molecule has 31 heavy (non-hydrogen) atoms. The van der Waals surface area contributed by atoms with Crippen LogP contribution in [0.5, 0.6) is 0 Å². The molecule has 0 aromatic heterocycles. The Hall–Kier alpha value is -3.02. The molecule has 2 aromatic carbocycles. The quantitative estimate of drug-likeness (QED) is 0.427. The van der Waals surface area contributed by atoms with E-state index in [9.17, 15) is 14.9 Å². The number of hydrazone groups is 1. The minimum Gasteiger partial charge on any atom is -0.273 e. The smallest absolute Gasteiger partial charge is 0.270 e. The molecule has 4 bridgehead atoms. The number of hydrogen-bond donors (Lipinski definition) is 1. The highest BCUT2D eigenvalue weighted by molar-refractivity contribution is 5.86. The van der Waals surface area contributed by atoms with Crippen molar-refractivity contribution in [2.24, 2.45) is 22.4 Å². The van der Waals surface area contributed by atoms with E-state index in [4.69, 9.17) is 0 Å². The van der Waals surface area contributed by atoms with Gasteiger partial charge in [-0.2, -0.15) is 5.10 Å². The van der Waals surface area contributed by atoms with E-state index in [1.807, 2.05) is 0 Å². The monoisotopic (exact) mass is 417 g/mol. The number of amides is 1. The van der Waals surface area contributed by atoms with Gasteiger partial charge in [-0.15, -0.1) is 0 Å². The summed E-state index contributed by atoms with van der Waals surface area (Å²) in [5.41, 5.74) is 5.75. The van der Waals surface area contributed by atoms with Gasteiger partial charge < -0.3 is 0 Å². The van der Waals surface area contributed by atoms with Gasteiger partial charge in [0.25, 0.3) is 5.69 Å². The molecule has 0 radical (unpaired) electrons. The summed E-state index contributed by atoms with van der Waals surface area (Å²) in [6, 6.07) is 15.1. The number of rotatable bonds is 5. The first-order chi connectivity index (χ1) is 14.9. The zero-order chi connectivity index (χ0) is 21.6. The minimum atomic E-state index is -0.435. The van der Waals surface area contributed by atoms with Gasteiger partial charge in [-0.05, 0) is 68.3 Å². The minimum absolute atomic E-state index is 0.000215.